The van der Waals surface area contributed by atoms with Crippen LogP contribution in [-0.2, 0) is 6.42 Å². The Morgan fingerprint density at radius 3 is 3.11 bits per heavy atom. The zero-order valence-electron chi connectivity index (χ0n) is 11.2. The van der Waals surface area contributed by atoms with Gasteiger partial charge in [0.05, 0.1) is 12.1 Å². The molecule has 1 aromatic rings. The van der Waals surface area contributed by atoms with Gasteiger partial charge < -0.3 is 16.2 Å². The summed E-state index contributed by atoms with van der Waals surface area (Å²) in [5.74, 6) is 2.10. The van der Waals surface area contributed by atoms with Gasteiger partial charge in [-0.2, -0.15) is 11.8 Å². The molecule has 1 unspecified atom stereocenters. The Bertz CT molecular complexity index is 456. The van der Waals surface area contributed by atoms with Gasteiger partial charge >= 0.3 is 0 Å². The van der Waals surface area contributed by atoms with Gasteiger partial charge in [-0.1, -0.05) is 19.1 Å². The molecule has 104 valence electrons. The lowest BCUT2D eigenvalue weighted by atomic mass is 10.1. The van der Waals surface area contributed by atoms with Gasteiger partial charge in [0.1, 0.15) is 0 Å². The molecule has 2 rings (SSSR count). The molecule has 1 atom stereocenters. The fourth-order valence-electron chi connectivity index (χ4n) is 2.01. The molecule has 0 radical (unpaired) electrons. The molecule has 1 saturated heterocycles. The van der Waals surface area contributed by atoms with Crippen molar-refractivity contribution in [3.05, 3.63) is 29.8 Å². The average Bonchev–Trinajstić information content (AvgIpc) is 2.84. The van der Waals surface area contributed by atoms with Crippen LogP contribution in [0.3, 0.4) is 0 Å². The summed E-state index contributed by atoms with van der Waals surface area (Å²) in [6.07, 6.45) is 1.78. The molecule has 0 spiro atoms. The number of guanidine groups is 1. The first kappa shape index (κ1) is 14.2. The standard InChI is InChI=1S/C14H21N3OS/c1-2-11-4-3-5-12(8-11)17-13(15)16-9-14(18)6-7-19-10-14/h3-5,8,18H,2,6-7,9-10H2,1H3,(H3,15,16,17). The molecular formula is C14H21N3OS. The van der Waals surface area contributed by atoms with Gasteiger partial charge in [-0.25, -0.2) is 0 Å². The predicted molar refractivity (Wildman–Crippen MR) is 82.8 cm³/mol. The van der Waals surface area contributed by atoms with E-state index in [-0.39, 0.29) is 0 Å². The first-order chi connectivity index (χ1) is 9.11. The molecular weight excluding hydrogens is 258 g/mol. The topological polar surface area (TPSA) is 70.6 Å². The van der Waals surface area contributed by atoms with E-state index in [0.717, 1.165) is 30.0 Å². The summed E-state index contributed by atoms with van der Waals surface area (Å²) in [4.78, 5) is 4.25. The van der Waals surface area contributed by atoms with Crippen molar-refractivity contribution >= 4 is 23.4 Å². The highest BCUT2D eigenvalue weighted by molar-refractivity contribution is 7.99. The molecule has 4 N–H and O–H groups in total. The summed E-state index contributed by atoms with van der Waals surface area (Å²) < 4.78 is 0. The van der Waals surface area contributed by atoms with Crippen molar-refractivity contribution < 1.29 is 5.11 Å². The van der Waals surface area contributed by atoms with Crippen molar-refractivity contribution in [3.8, 4) is 0 Å². The zero-order chi connectivity index (χ0) is 13.7. The third-order valence-electron chi connectivity index (χ3n) is 3.23. The van der Waals surface area contributed by atoms with Crippen LogP contribution in [0.25, 0.3) is 0 Å². The number of nitrogens with one attached hydrogen (secondary N) is 1. The Balaban J connectivity index is 1.94. The van der Waals surface area contributed by atoms with Crippen LogP contribution in [0.4, 0.5) is 5.69 Å². The minimum Gasteiger partial charge on any atom is -0.387 e. The van der Waals surface area contributed by atoms with Crippen LogP contribution in [0.2, 0.25) is 0 Å². The van der Waals surface area contributed by atoms with E-state index >= 15 is 0 Å². The number of nitrogens with zero attached hydrogens (tertiary/aromatic N) is 1. The van der Waals surface area contributed by atoms with Crippen molar-refractivity contribution in [2.24, 2.45) is 10.7 Å². The third kappa shape index (κ3) is 4.14. The molecule has 0 amide bonds. The Hall–Kier alpha value is -1.20. The van der Waals surface area contributed by atoms with E-state index in [2.05, 4.69) is 29.4 Å². The molecule has 0 bridgehead atoms. The summed E-state index contributed by atoms with van der Waals surface area (Å²) in [7, 11) is 0. The van der Waals surface area contributed by atoms with E-state index < -0.39 is 5.60 Å². The summed E-state index contributed by atoms with van der Waals surface area (Å²) in [5, 5.41) is 13.2. The van der Waals surface area contributed by atoms with Crippen molar-refractivity contribution in [1.82, 2.24) is 0 Å². The van der Waals surface area contributed by atoms with Gasteiger partial charge in [-0.05, 0) is 36.3 Å². The maximum absolute atomic E-state index is 10.2. The van der Waals surface area contributed by atoms with Crippen molar-refractivity contribution in [2.45, 2.75) is 25.4 Å². The van der Waals surface area contributed by atoms with Gasteiger partial charge in [0.15, 0.2) is 5.96 Å². The number of hydrogen-bond acceptors (Lipinski definition) is 3. The Morgan fingerprint density at radius 1 is 1.58 bits per heavy atom. The Morgan fingerprint density at radius 2 is 2.42 bits per heavy atom. The fraction of sp³-hybridized carbons (Fsp3) is 0.500. The normalized spacial score (nSPS) is 23.6. The maximum Gasteiger partial charge on any atom is 0.193 e. The second kappa shape index (κ2) is 6.30. The molecule has 0 aliphatic carbocycles. The minimum atomic E-state index is -0.678. The lowest BCUT2D eigenvalue weighted by molar-refractivity contribution is 0.0780. The van der Waals surface area contributed by atoms with Crippen LogP contribution in [-0.4, -0.2) is 34.7 Å². The summed E-state index contributed by atoms with van der Waals surface area (Å²) in [5.41, 5.74) is 7.37. The Labute approximate surface area is 118 Å². The summed E-state index contributed by atoms with van der Waals surface area (Å²) in [6, 6.07) is 8.09. The number of nitrogens with two attached hydrogens (primary N) is 1. The molecule has 5 heteroatoms. The van der Waals surface area contributed by atoms with Crippen molar-refractivity contribution in [3.63, 3.8) is 0 Å². The van der Waals surface area contributed by atoms with Crippen molar-refractivity contribution in [2.75, 3.05) is 23.4 Å². The summed E-state index contributed by atoms with van der Waals surface area (Å²) >= 11 is 1.76. The van der Waals surface area contributed by atoms with E-state index in [0.29, 0.717) is 12.5 Å². The quantitative estimate of drug-likeness (QED) is 0.581. The molecule has 1 aromatic carbocycles. The second-order valence-corrected chi connectivity index (χ2v) is 6.01. The highest BCUT2D eigenvalue weighted by Crippen LogP contribution is 2.27. The van der Waals surface area contributed by atoms with Crippen molar-refractivity contribution in [1.29, 1.82) is 0 Å². The lowest BCUT2D eigenvalue weighted by Crippen LogP contribution is -2.34. The van der Waals surface area contributed by atoms with Crippen LogP contribution in [0.5, 0.6) is 0 Å². The molecule has 19 heavy (non-hydrogen) atoms. The number of benzene rings is 1. The summed E-state index contributed by atoms with van der Waals surface area (Å²) in [6.45, 7) is 2.48. The van der Waals surface area contributed by atoms with E-state index in [1.54, 1.807) is 11.8 Å². The monoisotopic (exact) mass is 279 g/mol. The highest BCUT2D eigenvalue weighted by atomic mass is 32.2. The first-order valence-corrected chi connectivity index (χ1v) is 7.73. The van der Waals surface area contributed by atoms with Crippen LogP contribution < -0.4 is 11.1 Å². The molecule has 4 nitrogen and oxygen atoms in total. The number of aryl methyl sites for hydroxylation is 1. The largest absolute Gasteiger partial charge is 0.387 e. The SMILES string of the molecule is CCc1cccc(NC(N)=NCC2(O)CCSC2)c1. The lowest BCUT2D eigenvalue weighted by Gasteiger charge is -2.18. The van der Waals surface area contributed by atoms with Gasteiger partial charge in [0.2, 0.25) is 0 Å². The highest BCUT2D eigenvalue weighted by Gasteiger charge is 2.31. The van der Waals surface area contributed by atoms with Gasteiger partial charge in [-0.3, -0.25) is 4.99 Å². The number of anilines is 1. The molecule has 1 aliphatic rings. The molecule has 0 saturated carbocycles. The fourth-order valence-corrected chi connectivity index (χ4v) is 3.29. The number of aliphatic imine (C=N–C) groups is 1. The van der Waals surface area contributed by atoms with Crippen LogP contribution >= 0.6 is 11.8 Å². The number of rotatable bonds is 4. The van der Waals surface area contributed by atoms with E-state index in [1.165, 1.54) is 5.56 Å². The third-order valence-corrected chi connectivity index (χ3v) is 4.47. The van der Waals surface area contributed by atoms with E-state index in [4.69, 9.17) is 5.73 Å². The first-order valence-electron chi connectivity index (χ1n) is 6.57. The maximum atomic E-state index is 10.2. The van der Waals surface area contributed by atoms with Crippen LogP contribution in [0.1, 0.15) is 18.9 Å². The van der Waals surface area contributed by atoms with Crippen LogP contribution in [0, 0.1) is 0 Å². The second-order valence-electron chi connectivity index (χ2n) is 4.91. The molecule has 0 aromatic heterocycles. The molecule has 1 fully saturated rings. The van der Waals surface area contributed by atoms with Gasteiger partial charge in [0, 0.05) is 11.4 Å². The van der Waals surface area contributed by atoms with E-state index in [1.807, 2.05) is 12.1 Å². The van der Waals surface area contributed by atoms with Gasteiger partial charge in [-0.15, -0.1) is 0 Å². The molecule has 1 heterocycles. The Kier molecular flexibility index (Phi) is 4.71. The molecule has 1 aliphatic heterocycles. The van der Waals surface area contributed by atoms with E-state index in [9.17, 15) is 5.11 Å². The smallest absolute Gasteiger partial charge is 0.193 e. The number of hydrogen-bond donors (Lipinski definition) is 3. The number of thioether (sulfide) groups is 1. The minimum absolute atomic E-state index is 0.360. The number of aliphatic hydroxyl groups is 1. The van der Waals surface area contributed by atoms with Gasteiger partial charge in [0.25, 0.3) is 0 Å². The van der Waals surface area contributed by atoms with Crippen LogP contribution in [0.15, 0.2) is 29.3 Å². The zero-order valence-corrected chi connectivity index (χ0v) is 12.0. The average molecular weight is 279 g/mol. The predicted octanol–water partition coefficient (Wildman–Crippen LogP) is 1.84.